The fourth-order valence-electron chi connectivity index (χ4n) is 3.98. The molecule has 0 aliphatic rings. The van der Waals surface area contributed by atoms with E-state index in [0.29, 0.717) is 0 Å². The van der Waals surface area contributed by atoms with Crippen LogP contribution in [0.1, 0.15) is 38.3 Å². The van der Waals surface area contributed by atoms with Gasteiger partial charge in [-0.3, -0.25) is 0 Å². The number of hydrogen-bond donors (Lipinski definition) is 0. The summed E-state index contributed by atoms with van der Waals surface area (Å²) < 4.78 is 49.7. The first-order valence-electron chi connectivity index (χ1n) is 10.2. The van der Waals surface area contributed by atoms with Gasteiger partial charge < -0.3 is 9.27 Å². The smallest absolute Gasteiger partial charge is 0.391 e. The minimum atomic E-state index is -4.68. The molecular weight excluding hydrogens is 429 g/mol. The highest BCUT2D eigenvalue weighted by atomic mass is 28.4. The van der Waals surface area contributed by atoms with Crippen molar-refractivity contribution >= 4 is 18.7 Å². The lowest BCUT2D eigenvalue weighted by Crippen LogP contribution is -2.67. The first-order chi connectivity index (χ1) is 15.1. The third-order valence-corrected chi connectivity index (χ3v) is 10.3. The number of rotatable bonds is 6. The maximum absolute atomic E-state index is 14.5. The summed E-state index contributed by atoms with van der Waals surface area (Å²) in [5.41, 5.74) is 0.0597. The van der Waals surface area contributed by atoms with Crippen LogP contribution in [0.3, 0.4) is 0 Å². The molecule has 0 fully saturated rings. The zero-order chi connectivity index (χ0) is 23.4. The standard InChI is InChI=1S/C25H25F3N2OSi/c1-24(2,3)32(20-13-7-5-8-14-20,21-15-9-6-10-16-21)31-23(25(26,27)28)22-17-11-12-19(30-22)18-29-4/h5-17,23H,18H2,1-3H3. The number of halogens is 3. The zero-order valence-electron chi connectivity index (χ0n) is 18.2. The molecule has 7 heteroatoms. The lowest BCUT2D eigenvalue weighted by molar-refractivity contribution is -0.201. The fraction of sp³-hybridized carbons (Fsp3) is 0.280. The molecule has 166 valence electrons. The summed E-state index contributed by atoms with van der Waals surface area (Å²) in [7, 11) is -3.46. The second-order valence-corrected chi connectivity index (χ2v) is 12.8. The largest absolute Gasteiger partial charge is 0.419 e. The molecule has 0 spiro atoms. The van der Waals surface area contributed by atoms with Crippen molar-refractivity contribution in [2.75, 3.05) is 0 Å². The Hall–Kier alpha value is -2.95. The van der Waals surface area contributed by atoms with Gasteiger partial charge in [0.2, 0.25) is 0 Å². The van der Waals surface area contributed by atoms with Gasteiger partial charge in [0.25, 0.3) is 14.9 Å². The van der Waals surface area contributed by atoms with Gasteiger partial charge in [0.05, 0.1) is 5.69 Å². The third-order valence-electron chi connectivity index (χ3n) is 5.35. The van der Waals surface area contributed by atoms with Gasteiger partial charge >= 0.3 is 6.18 Å². The van der Waals surface area contributed by atoms with E-state index < -0.39 is 25.6 Å². The molecule has 3 aromatic rings. The van der Waals surface area contributed by atoms with Crippen LogP contribution >= 0.6 is 0 Å². The molecule has 1 unspecified atom stereocenters. The predicted molar refractivity (Wildman–Crippen MR) is 122 cm³/mol. The normalized spacial score (nSPS) is 13.4. The van der Waals surface area contributed by atoms with Gasteiger partial charge in [0.15, 0.2) is 6.10 Å². The van der Waals surface area contributed by atoms with E-state index >= 15 is 0 Å². The number of nitrogens with zero attached hydrogens (tertiary/aromatic N) is 2. The average Bonchev–Trinajstić information content (AvgIpc) is 2.74. The monoisotopic (exact) mass is 454 g/mol. The Morgan fingerprint density at radius 2 is 1.41 bits per heavy atom. The molecule has 0 radical (unpaired) electrons. The number of benzene rings is 2. The summed E-state index contributed by atoms with van der Waals surface area (Å²) in [4.78, 5) is 7.40. The van der Waals surface area contributed by atoms with Crippen LogP contribution in [0.4, 0.5) is 13.2 Å². The van der Waals surface area contributed by atoms with Crippen molar-refractivity contribution in [2.45, 2.75) is 44.6 Å². The van der Waals surface area contributed by atoms with Gasteiger partial charge in [-0.1, -0.05) is 87.5 Å². The van der Waals surface area contributed by atoms with Gasteiger partial charge in [0.1, 0.15) is 5.69 Å². The minimum absolute atomic E-state index is 0.0857. The first-order valence-corrected chi connectivity index (χ1v) is 12.1. The molecule has 1 atom stereocenters. The van der Waals surface area contributed by atoms with Crippen LogP contribution in [0.15, 0.2) is 78.9 Å². The maximum Gasteiger partial charge on any atom is 0.419 e. The number of hydrogen-bond acceptors (Lipinski definition) is 2. The topological polar surface area (TPSA) is 26.5 Å². The summed E-state index contributed by atoms with van der Waals surface area (Å²) in [6.07, 6.45) is -6.91. The van der Waals surface area contributed by atoms with E-state index in [9.17, 15) is 13.2 Å². The highest BCUT2D eigenvalue weighted by molar-refractivity contribution is 6.99. The molecule has 0 N–H and O–H groups in total. The van der Waals surface area contributed by atoms with E-state index in [1.54, 1.807) is 6.07 Å². The number of aromatic nitrogens is 1. The van der Waals surface area contributed by atoms with E-state index in [1.165, 1.54) is 12.1 Å². The Morgan fingerprint density at radius 3 is 1.84 bits per heavy atom. The Morgan fingerprint density at radius 1 is 0.875 bits per heavy atom. The lowest BCUT2D eigenvalue weighted by atomic mass is 10.2. The van der Waals surface area contributed by atoms with Crippen LogP contribution in [-0.4, -0.2) is 19.5 Å². The number of pyridine rings is 1. The summed E-state index contributed by atoms with van der Waals surface area (Å²) in [5, 5.41) is 0.892. The van der Waals surface area contributed by atoms with E-state index in [4.69, 9.17) is 11.0 Å². The molecule has 0 aliphatic carbocycles. The second-order valence-electron chi connectivity index (χ2n) is 8.57. The Labute approximate surface area is 187 Å². The van der Waals surface area contributed by atoms with Crippen LogP contribution in [0.25, 0.3) is 4.85 Å². The predicted octanol–water partition coefficient (Wildman–Crippen LogP) is 5.68. The molecule has 0 amide bonds. The van der Waals surface area contributed by atoms with Crippen molar-refractivity contribution in [3.8, 4) is 0 Å². The van der Waals surface area contributed by atoms with E-state index in [-0.39, 0.29) is 17.9 Å². The first kappa shape index (κ1) is 23.7. The SMILES string of the molecule is [C-]#[N+]Cc1cccc(C(O[Si](c2ccccc2)(c2ccccc2)C(C)(C)C)C(F)(F)F)n1. The van der Waals surface area contributed by atoms with Gasteiger partial charge in [0, 0.05) is 0 Å². The third kappa shape index (κ3) is 4.77. The number of alkyl halides is 3. The quantitative estimate of drug-likeness (QED) is 0.354. The molecular formula is C25H25F3N2OSi. The molecule has 2 aromatic carbocycles. The van der Waals surface area contributed by atoms with Gasteiger partial charge in [-0.15, -0.1) is 0 Å². The summed E-state index contributed by atoms with van der Waals surface area (Å²) in [5.74, 6) is 0. The molecule has 0 saturated heterocycles. The summed E-state index contributed by atoms with van der Waals surface area (Å²) in [6, 6.07) is 22.7. The average molecular weight is 455 g/mol. The van der Waals surface area contributed by atoms with Gasteiger partial charge in [-0.2, -0.15) is 13.2 Å². The van der Waals surface area contributed by atoms with Crippen LogP contribution in [0, 0.1) is 6.57 Å². The van der Waals surface area contributed by atoms with Gasteiger partial charge in [-0.25, -0.2) is 11.6 Å². The Kier molecular flexibility index (Phi) is 6.87. The summed E-state index contributed by atoms with van der Waals surface area (Å²) >= 11 is 0. The van der Waals surface area contributed by atoms with Crippen LogP contribution in [0.5, 0.6) is 0 Å². The van der Waals surface area contributed by atoms with Crippen molar-refractivity contribution in [2.24, 2.45) is 0 Å². The molecule has 1 aromatic heterocycles. The summed E-state index contributed by atoms with van der Waals surface area (Å²) in [6.45, 7) is 12.7. The van der Waals surface area contributed by atoms with Crippen molar-refractivity contribution in [3.63, 3.8) is 0 Å². The fourth-order valence-corrected chi connectivity index (χ4v) is 8.60. The van der Waals surface area contributed by atoms with Crippen molar-refractivity contribution in [1.29, 1.82) is 0 Å². The van der Waals surface area contributed by atoms with E-state index in [1.807, 2.05) is 81.4 Å². The molecule has 3 nitrogen and oxygen atoms in total. The highest BCUT2D eigenvalue weighted by Crippen LogP contribution is 2.44. The van der Waals surface area contributed by atoms with Crippen LogP contribution in [0.2, 0.25) is 5.04 Å². The molecule has 1 heterocycles. The van der Waals surface area contributed by atoms with E-state index in [2.05, 4.69) is 9.83 Å². The van der Waals surface area contributed by atoms with Crippen molar-refractivity contribution in [1.82, 2.24) is 4.98 Å². The molecule has 0 bridgehead atoms. The van der Waals surface area contributed by atoms with Gasteiger partial charge in [-0.05, 0) is 27.5 Å². The van der Waals surface area contributed by atoms with E-state index in [0.717, 1.165) is 10.4 Å². The molecule has 0 aliphatic heterocycles. The Bertz CT molecular complexity index is 1030. The zero-order valence-corrected chi connectivity index (χ0v) is 19.2. The van der Waals surface area contributed by atoms with Crippen LogP contribution in [-0.2, 0) is 11.0 Å². The lowest BCUT2D eigenvalue weighted by Gasteiger charge is -2.45. The Balaban J connectivity index is 2.26. The van der Waals surface area contributed by atoms with Crippen molar-refractivity contribution in [3.05, 3.63) is 102 Å². The maximum atomic E-state index is 14.5. The molecule has 32 heavy (non-hydrogen) atoms. The van der Waals surface area contributed by atoms with Crippen LogP contribution < -0.4 is 10.4 Å². The minimum Gasteiger partial charge on any atom is -0.391 e. The molecule has 0 saturated carbocycles. The second kappa shape index (κ2) is 9.27. The van der Waals surface area contributed by atoms with Crippen molar-refractivity contribution < 1.29 is 17.6 Å². The highest BCUT2D eigenvalue weighted by Gasteiger charge is 2.56. The molecule has 3 rings (SSSR count).